The fourth-order valence-corrected chi connectivity index (χ4v) is 3.17. The second-order valence-electron chi connectivity index (χ2n) is 5.33. The molecule has 0 radical (unpaired) electrons. The predicted octanol–water partition coefficient (Wildman–Crippen LogP) is 2.85. The highest BCUT2D eigenvalue weighted by Crippen LogP contribution is 2.18. The lowest BCUT2D eigenvalue weighted by molar-refractivity contribution is -0.118. The lowest BCUT2D eigenvalue weighted by Crippen LogP contribution is -2.25. The summed E-state index contributed by atoms with van der Waals surface area (Å²) in [6, 6.07) is 15.6. The molecule has 2 aromatic carbocycles. The van der Waals surface area contributed by atoms with Crippen molar-refractivity contribution in [3.63, 3.8) is 0 Å². The molecule has 0 aliphatic carbocycles. The van der Waals surface area contributed by atoms with Gasteiger partial charge in [0.2, 0.25) is 5.91 Å². The zero-order valence-corrected chi connectivity index (χ0v) is 13.6. The summed E-state index contributed by atoms with van der Waals surface area (Å²) in [5.74, 6) is 0.999. The number of rotatable bonds is 5. The Kier molecular flexibility index (Phi) is 3.92. The SMILES string of the molecule is O=C(CSc1nc2ccccc2[nH]1)NCc1nc2ccccc2[nH]1. The van der Waals surface area contributed by atoms with E-state index in [0.717, 1.165) is 33.0 Å². The average molecular weight is 337 g/mol. The molecule has 4 rings (SSSR count). The van der Waals surface area contributed by atoms with Gasteiger partial charge < -0.3 is 15.3 Å². The summed E-state index contributed by atoms with van der Waals surface area (Å²) in [7, 11) is 0. The topological polar surface area (TPSA) is 86.5 Å². The van der Waals surface area contributed by atoms with Crippen molar-refractivity contribution in [2.24, 2.45) is 0 Å². The molecule has 2 heterocycles. The number of aromatic nitrogens is 4. The lowest BCUT2D eigenvalue weighted by atomic mass is 10.3. The normalized spacial score (nSPS) is 11.2. The van der Waals surface area contributed by atoms with Crippen molar-refractivity contribution >= 4 is 39.7 Å². The van der Waals surface area contributed by atoms with Gasteiger partial charge in [-0.05, 0) is 24.3 Å². The molecule has 0 aliphatic heterocycles. The molecule has 0 unspecified atom stereocenters. The Morgan fingerprint density at radius 2 is 1.62 bits per heavy atom. The van der Waals surface area contributed by atoms with Gasteiger partial charge in [-0.3, -0.25) is 4.79 Å². The summed E-state index contributed by atoms with van der Waals surface area (Å²) in [5.41, 5.74) is 3.75. The number of carbonyl (C=O) groups excluding carboxylic acids is 1. The van der Waals surface area contributed by atoms with Crippen molar-refractivity contribution in [1.29, 1.82) is 0 Å². The van der Waals surface area contributed by atoms with Crippen LogP contribution in [0.5, 0.6) is 0 Å². The summed E-state index contributed by atoms with van der Waals surface area (Å²) >= 11 is 1.39. The van der Waals surface area contributed by atoms with Crippen LogP contribution in [0, 0.1) is 0 Å². The zero-order chi connectivity index (χ0) is 16.4. The molecule has 0 saturated carbocycles. The molecule has 7 heteroatoms. The van der Waals surface area contributed by atoms with Crippen LogP contribution in [0.15, 0.2) is 53.7 Å². The van der Waals surface area contributed by atoms with Crippen LogP contribution in [0.3, 0.4) is 0 Å². The smallest absolute Gasteiger partial charge is 0.230 e. The van der Waals surface area contributed by atoms with E-state index in [1.54, 1.807) is 0 Å². The molecule has 1 amide bonds. The minimum absolute atomic E-state index is 0.0547. The maximum absolute atomic E-state index is 12.0. The van der Waals surface area contributed by atoms with Gasteiger partial charge in [-0.2, -0.15) is 0 Å². The molecule has 0 bridgehead atoms. The van der Waals surface area contributed by atoms with E-state index >= 15 is 0 Å². The zero-order valence-electron chi connectivity index (χ0n) is 12.7. The molecule has 0 saturated heterocycles. The Morgan fingerprint density at radius 1 is 0.958 bits per heavy atom. The Labute approximate surface area is 142 Å². The number of hydrogen-bond donors (Lipinski definition) is 3. The highest BCUT2D eigenvalue weighted by Gasteiger charge is 2.08. The van der Waals surface area contributed by atoms with E-state index in [1.165, 1.54) is 11.8 Å². The maximum Gasteiger partial charge on any atom is 0.230 e. The fourth-order valence-electron chi connectivity index (χ4n) is 2.45. The van der Waals surface area contributed by atoms with Gasteiger partial charge in [-0.15, -0.1) is 0 Å². The van der Waals surface area contributed by atoms with E-state index in [2.05, 4.69) is 25.3 Å². The van der Waals surface area contributed by atoms with Crippen molar-refractivity contribution in [2.45, 2.75) is 11.7 Å². The van der Waals surface area contributed by atoms with E-state index in [4.69, 9.17) is 0 Å². The Hall–Kier alpha value is -2.80. The van der Waals surface area contributed by atoms with Crippen molar-refractivity contribution in [3.8, 4) is 0 Å². The Morgan fingerprint density at radius 3 is 2.33 bits per heavy atom. The van der Waals surface area contributed by atoms with Crippen molar-refractivity contribution < 1.29 is 4.79 Å². The average Bonchev–Trinajstić information content (AvgIpc) is 3.21. The Balaban J connectivity index is 1.33. The maximum atomic E-state index is 12.0. The largest absolute Gasteiger partial charge is 0.348 e. The summed E-state index contributed by atoms with van der Waals surface area (Å²) in [6.07, 6.45) is 0. The van der Waals surface area contributed by atoms with Crippen LogP contribution >= 0.6 is 11.8 Å². The number of para-hydroxylation sites is 4. The first-order chi connectivity index (χ1) is 11.8. The van der Waals surface area contributed by atoms with Crippen LogP contribution in [0.4, 0.5) is 0 Å². The highest BCUT2D eigenvalue weighted by atomic mass is 32.2. The number of amides is 1. The minimum Gasteiger partial charge on any atom is -0.348 e. The van der Waals surface area contributed by atoms with Gasteiger partial charge in [0, 0.05) is 0 Å². The third kappa shape index (κ3) is 3.11. The quantitative estimate of drug-likeness (QED) is 0.489. The van der Waals surface area contributed by atoms with Crippen LogP contribution in [0.2, 0.25) is 0 Å². The van der Waals surface area contributed by atoms with E-state index < -0.39 is 0 Å². The van der Waals surface area contributed by atoms with E-state index in [1.807, 2.05) is 48.5 Å². The van der Waals surface area contributed by atoms with E-state index in [-0.39, 0.29) is 5.91 Å². The van der Waals surface area contributed by atoms with Crippen LogP contribution in [-0.4, -0.2) is 31.6 Å². The number of benzene rings is 2. The summed E-state index contributed by atoms with van der Waals surface area (Å²) in [5, 5.41) is 3.61. The number of imidazole rings is 2. The van der Waals surface area contributed by atoms with Crippen LogP contribution in [0.25, 0.3) is 22.1 Å². The molecule has 6 nitrogen and oxygen atoms in total. The number of H-pyrrole nitrogens is 2. The molecule has 0 aliphatic rings. The summed E-state index contributed by atoms with van der Waals surface area (Å²) in [6.45, 7) is 0.383. The van der Waals surface area contributed by atoms with E-state index in [0.29, 0.717) is 12.3 Å². The second kappa shape index (κ2) is 6.37. The van der Waals surface area contributed by atoms with E-state index in [9.17, 15) is 4.79 Å². The third-order valence-corrected chi connectivity index (χ3v) is 4.47. The number of nitrogens with zero attached hydrogens (tertiary/aromatic N) is 2. The van der Waals surface area contributed by atoms with Gasteiger partial charge in [0.15, 0.2) is 5.16 Å². The predicted molar refractivity (Wildman–Crippen MR) is 94.8 cm³/mol. The van der Waals surface area contributed by atoms with Gasteiger partial charge in [-0.1, -0.05) is 36.0 Å². The first-order valence-corrected chi connectivity index (χ1v) is 8.54. The van der Waals surface area contributed by atoms with Crippen molar-refractivity contribution in [1.82, 2.24) is 25.3 Å². The number of hydrogen-bond acceptors (Lipinski definition) is 4. The third-order valence-electron chi connectivity index (χ3n) is 3.60. The van der Waals surface area contributed by atoms with Gasteiger partial charge in [0.25, 0.3) is 0 Å². The monoisotopic (exact) mass is 337 g/mol. The molecule has 0 atom stereocenters. The van der Waals surface area contributed by atoms with Gasteiger partial charge >= 0.3 is 0 Å². The highest BCUT2D eigenvalue weighted by molar-refractivity contribution is 7.99. The van der Waals surface area contributed by atoms with Crippen LogP contribution in [-0.2, 0) is 11.3 Å². The standard InChI is InChI=1S/C17H15N5OS/c23-16(10-24-17-21-13-7-3-4-8-14(13)22-17)18-9-15-19-11-5-1-2-6-12(11)20-15/h1-8H,9-10H2,(H,18,23)(H,19,20)(H,21,22). The Bertz CT molecular complexity index is 860. The fraction of sp³-hybridized carbons (Fsp3) is 0.118. The molecular weight excluding hydrogens is 322 g/mol. The molecule has 24 heavy (non-hydrogen) atoms. The molecular formula is C17H15N5OS. The number of aromatic amines is 2. The molecule has 120 valence electrons. The lowest BCUT2D eigenvalue weighted by Gasteiger charge is -2.01. The van der Waals surface area contributed by atoms with Gasteiger partial charge in [0.05, 0.1) is 34.4 Å². The van der Waals surface area contributed by atoms with Crippen LogP contribution in [0.1, 0.15) is 5.82 Å². The first kappa shape index (κ1) is 14.8. The number of thioether (sulfide) groups is 1. The molecule has 4 aromatic rings. The first-order valence-electron chi connectivity index (χ1n) is 7.56. The number of fused-ring (bicyclic) bond motifs is 2. The minimum atomic E-state index is -0.0547. The second-order valence-corrected chi connectivity index (χ2v) is 6.29. The summed E-state index contributed by atoms with van der Waals surface area (Å²) in [4.78, 5) is 27.3. The van der Waals surface area contributed by atoms with Crippen molar-refractivity contribution in [3.05, 3.63) is 54.4 Å². The number of nitrogens with one attached hydrogen (secondary N) is 3. The van der Waals surface area contributed by atoms with Gasteiger partial charge in [0.1, 0.15) is 5.82 Å². The molecule has 0 fully saturated rings. The van der Waals surface area contributed by atoms with Crippen molar-refractivity contribution in [2.75, 3.05) is 5.75 Å². The molecule has 2 aromatic heterocycles. The van der Waals surface area contributed by atoms with Crippen LogP contribution < -0.4 is 5.32 Å². The van der Waals surface area contributed by atoms with Gasteiger partial charge in [-0.25, -0.2) is 9.97 Å². The molecule has 0 spiro atoms. The number of carbonyl (C=O) groups is 1. The summed E-state index contributed by atoms with van der Waals surface area (Å²) < 4.78 is 0. The molecule has 3 N–H and O–H groups in total.